The Kier molecular flexibility index (Phi) is 2.86. The van der Waals surface area contributed by atoms with E-state index >= 15 is 0 Å². The second kappa shape index (κ2) is 4.31. The van der Waals surface area contributed by atoms with Gasteiger partial charge in [-0.3, -0.25) is 4.79 Å². The summed E-state index contributed by atoms with van der Waals surface area (Å²) in [5, 5.41) is 0. The fourth-order valence-electron chi connectivity index (χ4n) is 1.79. The molecule has 1 aliphatic rings. The van der Waals surface area contributed by atoms with Crippen molar-refractivity contribution in [2.45, 2.75) is 13.3 Å². The molecule has 0 radical (unpaired) electrons. The minimum Gasteiger partial charge on any atom is -0.462 e. The number of esters is 1. The highest BCUT2D eigenvalue weighted by Crippen LogP contribution is 2.25. The van der Waals surface area contributed by atoms with Gasteiger partial charge in [0.1, 0.15) is 0 Å². The van der Waals surface area contributed by atoms with Crippen LogP contribution in [0.3, 0.4) is 0 Å². The maximum atomic E-state index is 11.7. The molecule has 3 nitrogen and oxygen atoms in total. The molecule has 0 atom stereocenters. The number of ether oxygens (including phenoxy) is 1. The summed E-state index contributed by atoms with van der Waals surface area (Å²) in [5.41, 5.74) is 2.06. The molecule has 0 aliphatic heterocycles. The lowest BCUT2D eigenvalue weighted by Gasteiger charge is -2.15. The van der Waals surface area contributed by atoms with Crippen LogP contribution in [0, 0.1) is 0 Å². The normalized spacial score (nSPS) is 14.1. The molecule has 2 rings (SSSR count). The third kappa shape index (κ3) is 1.89. The van der Waals surface area contributed by atoms with Crippen LogP contribution < -0.4 is 0 Å². The van der Waals surface area contributed by atoms with Gasteiger partial charge in [-0.15, -0.1) is 0 Å². The summed E-state index contributed by atoms with van der Waals surface area (Å²) in [7, 11) is 0. The third-order valence-corrected chi connectivity index (χ3v) is 2.47. The summed E-state index contributed by atoms with van der Waals surface area (Å²) in [6.07, 6.45) is 1.74. The highest BCUT2D eigenvalue weighted by atomic mass is 16.5. The molecule has 0 saturated heterocycles. The van der Waals surface area contributed by atoms with E-state index in [-0.39, 0.29) is 5.78 Å². The highest BCUT2D eigenvalue weighted by Gasteiger charge is 2.22. The molecule has 0 saturated carbocycles. The monoisotopic (exact) mass is 216 g/mol. The molecule has 0 bridgehead atoms. The molecule has 3 heteroatoms. The van der Waals surface area contributed by atoms with Crippen LogP contribution in [0.15, 0.2) is 30.3 Å². The van der Waals surface area contributed by atoms with Crippen LogP contribution in [0.2, 0.25) is 0 Å². The van der Waals surface area contributed by atoms with E-state index in [1.54, 1.807) is 6.92 Å². The average molecular weight is 216 g/mol. The van der Waals surface area contributed by atoms with Crippen molar-refractivity contribution in [3.05, 3.63) is 41.5 Å². The van der Waals surface area contributed by atoms with Gasteiger partial charge in [0.25, 0.3) is 0 Å². The fourth-order valence-corrected chi connectivity index (χ4v) is 1.79. The smallest absolute Gasteiger partial charge is 0.338 e. The number of carbonyl (C=O) groups excluding carboxylic acids is 2. The van der Waals surface area contributed by atoms with Gasteiger partial charge in [0.05, 0.1) is 12.2 Å². The quantitative estimate of drug-likeness (QED) is 0.707. The van der Waals surface area contributed by atoms with Gasteiger partial charge in [0.15, 0.2) is 5.78 Å². The zero-order valence-corrected chi connectivity index (χ0v) is 9.03. The maximum Gasteiger partial charge on any atom is 0.338 e. The van der Waals surface area contributed by atoms with Crippen molar-refractivity contribution in [2.24, 2.45) is 0 Å². The van der Waals surface area contributed by atoms with Gasteiger partial charge in [-0.05, 0) is 24.1 Å². The van der Waals surface area contributed by atoms with Crippen molar-refractivity contribution in [2.75, 3.05) is 6.61 Å². The molecule has 0 fully saturated rings. The summed E-state index contributed by atoms with van der Waals surface area (Å²) in [5.74, 6) is -0.482. The Labute approximate surface area is 93.7 Å². The topological polar surface area (TPSA) is 43.4 Å². The van der Waals surface area contributed by atoms with E-state index in [0.29, 0.717) is 18.6 Å². The first-order valence-corrected chi connectivity index (χ1v) is 5.22. The predicted molar refractivity (Wildman–Crippen MR) is 59.8 cm³/mol. The van der Waals surface area contributed by atoms with E-state index in [2.05, 4.69) is 0 Å². The molecule has 1 aliphatic carbocycles. The predicted octanol–water partition coefficient (Wildman–Crippen LogP) is 1.76. The van der Waals surface area contributed by atoms with Crippen LogP contribution in [0.5, 0.6) is 0 Å². The van der Waals surface area contributed by atoms with E-state index in [4.69, 9.17) is 4.74 Å². The van der Waals surface area contributed by atoms with Crippen LogP contribution in [-0.4, -0.2) is 18.4 Å². The molecule has 0 spiro atoms. The van der Waals surface area contributed by atoms with Gasteiger partial charge in [-0.1, -0.05) is 24.3 Å². The molecule has 1 aromatic carbocycles. The van der Waals surface area contributed by atoms with Gasteiger partial charge in [0.2, 0.25) is 0 Å². The molecular weight excluding hydrogens is 204 g/mol. The lowest BCUT2D eigenvalue weighted by Crippen LogP contribution is -2.16. The summed E-state index contributed by atoms with van der Waals surface area (Å²) in [6, 6.07) is 7.41. The molecule has 82 valence electrons. The van der Waals surface area contributed by atoms with Crippen LogP contribution in [0.25, 0.3) is 5.57 Å². The van der Waals surface area contributed by atoms with Crippen molar-refractivity contribution in [1.82, 2.24) is 0 Å². The van der Waals surface area contributed by atoms with Gasteiger partial charge in [-0.2, -0.15) is 0 Å². The Morgan fingerprint density at radius 3 is 2.88 bits per heavy atom. The summed E-state index contributed by atoms with van der Waals surface area (Å²) in [4.78, 5) is 23.1. The zero-order valence-electron chi connectivity index (χ0n) is 9.03. The summed E-state index contributed by atoms with van der Waals surface area (Å²) in [6.45, 7) is 2.06. The van der Waals surface area contributed by atoms with E-state index in [1.807, 2.05) is 24.3 Å². The van der Waals surface area contributed by atoms with Crippen molar-refractivity contribution in [1.29, 1.82) is 0 Å². The molecule has 16 heavy (non-hydrogen) atoms. The first kappa shape index (κ1) is 10.6. The molecule has 0 amide bonds. The van der Waals surface area contributed by atoms with Gasteiger partial charge in [-0.25, -0.2) is 4.79 Å². The molecule has 0 unspecified atom stereocenters. The molecule has 0 N–H and O–H groups in total. The number of carbonyl (C=O) groups is 2. The number of ketones is 1. The maximum absolute atomic E-state index is 11.7. The molecule has 1 aromatic rings. The lowest BCUT2D eigenvalue weighted by atomic mass is 9.90. The van der Waals surface area contributed by atoms with Crippen molar-refractivity contribution in [3.8, 4) is 0 Å². The molecule has 0 heterocycles. The van der Waals surface area contributed by atoms with Gasteiger partial charge < -0.3 is 4.74 Å². The number of hydrogen-bond acceptors (Lipinski definition) is 3. The standard InChI is InChI=1S/C13H12O3/c1-2-16-13(15)12-8-10(14)7-9-5-3-4-6-11(9)12/h3-6,8H,2,7H2,1H3. The van der Waals surface area contributed by atoms with Crippen LogP contribution in [0.1, 0.15) is 18.1 Å². The SMILES string of the molecule is CCOC(=O)C1=CC(=O)Cc2ccccc21. The second-order valence-electron chi connectivity index (χ2n) is 3.58. The third-order valence-electron chi connectivity index (χ3n) is 2.47. The second-order valence-corrected chi connectivity index (χ2v) is 3.58. The molecular formula is C13H12O3. The Morgan fingerprint density at radius 1 is 1.38 bits per heavy atom. The lowest BCUT2D eigenvalue weighted by molar-refractivity contribution is -0.136. The Morgan fingerprint density at radius 2 is 2.12 bits per heavy atom. The Hall–Kier alpha value is -1.90. The van der Waals surface area contributed by atoms with E-state index in [0.717, 1.165) is 11.1 Å². The number of allylic oxidation sites excluding steroid dienone is 1. The van der Waals surface area contributed by atoms with E-state index in [1.165, 1.54) is 6.08 Å². The average Bonchev–Trinajstić information content (AvgIpc) is 2.28. The number of hydrogen-bond donors (Lipinski definition) is 0. The fraction of sp³-hybridized carbons (Fsp3) is 0.231. The zero-order chi connectivity index (χ0) is 11.5. The van der Waals surface area contributed by atoms with Crippen molar-refractivity contribution >= 4 is 17.3 Å². The van der Waals surface area contributed by atoms with Crippen LogP contribution in [-0.2, 0) is 20.7 Å². The first-order valence-electron chi connectivity index (χ1n) is 5.22. The largest absolute Gasteiger partial charge is 0.462 e. The van der Waals surface area contributed by atoms with Crippen LogP contribution in [0.4, 0.5) is 0 Å². The Balaban J connectivity index is 2.43. The minimum atomic E-state index is -0.428. The minimum absolute atomic E-state index is 0.0539. The first-order chi connectivity index (χ1) is 7.72. The summed E-state index contributed by atoms with van der Waals surface area (Å²) < 4.78 is 4.93. The van der Waals surface area contributed by atoms with Crippen LogP contribution >= 0.6 is 0 Å². The molecule has 0 aromatic heterocycles. The number of rotatable bonds is 2. The Bertz CT molecular complexity index is 472. The summed E-state index contributed by atoms with van der Waals surface area (Å²) >= 11 is 0. The van der Waals surface area contributed by atoms with Gasteiger partial charge >= 0.3 is 5.97 Å². The van der Waals surface area contributed by atoms with E-state index < -0.39 is 5.97 Å². The highest BCUT2D eigenvalue weighted by molar-refractivity contribution is 6.23. The van der Waals surface area contributed by atoms with Crippen molar-refractivity contribution in [3.63, 3.8) is 0 Å². The van der Waals surface area contributed by atoms with E-state index in [9.17, 15) is 9.59 Å². The van der Waals surface area contributed by atoms with Crippen molar-refractivity contribution < 1.29 is 14.3 Å². The number of fused-ring (bicyclic) bond motifs is 1. The number of benzene rings is 1. The van der Waals surface area contributed by atoms with Gasteiger partial charge in [0, 0.05) is 6.42 Å².